The molecule has 0 spiro atoms. The summed E-state index contributed by atoms with van der Waals surface area (Å²) in [6, 6.07) is 1.91. The van der Waals surface area contributed by atoms with Crippen LogP contribution in [0.4, 0.5) is 0 Å². The predicted molar refractivity (Wildman–Crippen MR) is 46.4 cm³/mol. The molecule has 1 N–H and O–H groups in total. The van der Waals surface area contributed by atoms with Gasteiger partial charge in [0, 0.05) is 24.4 Å². The molecular formula is C9H12N2O2. The molecule has 1 fully saturated rings. The first-order chi connectivity index (χ1) is 6.24. The highest BCUT2D eigenvalue weighted by molar-refractivity contribution is 5.75. The Morgan fingerprint density at radius 2 is 2.62 bits per heavy atom. The second-order valence-electron chi connectivity index (χ2n) is 3.36. The molecule has 0 aromatic carbocycles. The van der Waals surface area contributed by atoms with Gasteiger partial charge in [0.05, 0.1) is 5.92 Å². The van der Waals surface area contributed by atoms with Gasteiger partial charge in [-0.25, -0.2) is 0 Å². The van der Waals surface area contributed by atoms with Crippen LogP contribution in [0.5, 0.6) is 0 Å². The molecule has 0 aliphatic heterocycles. The fraction of sp³-hybridized carbons (Fsp3) is 0.556. The zero-order chi connectivity index (χ0) is 9.42. The maximum atomic E-state index is 10.6. The summed E-state index contributed by atoms with van der Waals surface area (Å²) in [6.45, 7) is 2.82. The van der Waals surface area contributed by atoms with E-state index < -0.39 is 5.97 Å². The van der Waals surface area contributed by atoms with Crippen molar-refractivity contribution in [2.24, 2.45) is 5.92 Å². The molecule has 1 aliphatic carbocycles. The summed E-state index contributed by atoms with van der Waals surface area (Å²) in [7, 11) is 0. The highest BCUT2D eigenvalue weighted by Gasteiger charge is 2.45. The van der Waals surface area contributed by atoms with Gasteiger partial charge in [0.15, 0.2) is 0 Å². The van der Waals surface area contributed by atoms with Crippen LogP contribution >= 0.6 is 0 Å². The van der Waals surface area contributed by atoms with Crippen LogP contribution in [0, 0.1) is 5.92 Å². The third-order valence-electron chi connectivity index (χ3n) is 2.54. The monoisotopic (exact) mass is 180 g/mol. The first-order valence-corrected chi connectivity index (χ1v) is 4.48. The molecule has 0 radical (unpaired) electrons. The van der Waals surface area contributed by atoms with Crippen molar-refractivity contribution in [1.82, 2.24) is 9.78 Å². The molecule has 1 aliphatic rings. The van der Waals surface area contributed by atoms with Crippen LogP contribution in [0.1, 0.15) is 25.0 Å². The smallest absolute Gasteiger partial charge is 0.307 e. The first-order valence-electron chi connectivity index (χ1n) is 4.48. The van der Waals surface area contributed by atoms with Gasteiger partial charge in [-0.15, -0.1) is 0 Å². The molecule has 1 heterocycles. The minimum atomic E-state index is -0.686. The number of carboxylic acids is 1. The van der Waals surface area contributed by atoms with Crippen LogP contribution in [0.2, 0.25) is 0 Å². The maximum absolute atomic E-state index is 10.6. The lowest BCUT2D eigenvalue weighted by Crippen LogP contribution is -2.04. The fourth-order valence-electron chi connectivity index (χ4n) is 1.72. The largest absolute Gasteiger partial charge is 0.481 e. The summed E-state index contributed by atoms with van der Waals surface area (Å²) in [4.78, 5) is 10.6. The van der Waals surface area contributed by atoms with E-state index in [1.807, 2.05) is 17.7 Å². The maximum Gasteiger partial charge on any atom is 0.307 e. The SMILES string of the molecule is CCn1nccc1[C@H]1C[C@@H]1C(=O)O. The van der Waals surface area contributed by atoms with Gasteiger partial charge in [-0.05, 0) is 19.4 Å². The highest BCUT2D eigenvalue weighted by atomic mass is 16.4. The molecule has 0 amide bonds. The first kappa shape index (κ1) is 8.29. The van der Waals surface area contributed by atoms with Gasteiger partial charge in [-0.2, -0.15) is 5.10 Å². The van der Waals surface area contributed by atoms with E-state index in [4.69, 9.17) is 5.11 Å². The number of aryl methyl sites for hydroxylation is 1. The van der Waals surface area contributed by atoms with Crippen molar-refractivity contribution in [2.75, 3.05) is 0 Å². The van der Waals surface area contributed by atoms with Crippen molar-refractivity contribution < 1.29 is 9.90 Å². The van der Waals surface area contributed by atoms with E-state index >= 15 is 0 Å². The zero-order valence-electron chi connectivity index (χ0n) is 7.47. The number of rotatable bonds is 3. The number of aromatic nitrogens is 2. The van der Waals surface area contributed by atoms with E-state index in [2.05, 4.69) is 5.10 Å². The molecule has 70 valence electrons. The molecule has 1 aromatic heterocycles. The molecule has 13 heavy (non-hydrogen) atoms. The summed E-state index contributed by atoms with van der Waals surface area (Å²) in [5.74, 6) is -0.671. The Bertz CT molecular complexity index is 332. The van der Waals surface area contributed by atoms with E-state index in [9.17, 15) is 4.79 Å². The van der Waals surface area contributed by atoms with Crippen LogP contribution in [0.15, 0.2) is 12.3 Å². The molecule has 2 rings (SSSR count). The van der Waals surface area contributed by atoms with E-state index in [0.717, 1.165) is 18.7 Å². The van der Waals surface area contributed by atoms with E-state index in [1.165, 1.54) is 0 Å². The number of nitrogens with zero attached hydrogens (tertiary/aromatic N) is 2. The molecule has 0 saturated heterocycles. The third-order valence-corrected chi connectivity index (χ3v) is 2.54. The molecule has 0 bridgehead atoms. The average molecular weight is 180 g/mol. The van der Waals surface area contributed by atoms with Crippen molar-refractivity contribution in [2.45, 2.75) is 25.8 Å². The predicted octanol–water partition coefficient (Wildman–Crippen LogP) is 1.09. The average Bonchev–Trinajstić information content (AvgIpc) is 2.77. The highest BCUT2D eigenvalue weighted by Crippen LogP contribution is 2.47. The lowest BCUT2D eigenvalue weighted by Gasteiger charge is -2.01. The Labute approximate surface area is 76.2 Å². The van der Waals surface area contributed by atoms with Crippen LogP contribution < -0.4 is 0 Å². The minimum Gasteiger partial charge on any atom is -0.481 e. The number of hydrogen-bond acceptors (Lipinski definition) is 2. The zero-order valence-corrected chi connectivity index (χ0v) is 7.47. The summed E-state index contributed by atoms with van der Waals surface area (Å²) < 4.78 is 1.87. The van der Waals surface area contributed by atoms with Gasteiger partial charge < -0.3 is 5.11 Å². The van der Waals surface area contributed by atoms with Gasteiger partial charge in [0.25, 0.3) is 0 Å². The van der Waals surface area contributed by atoms with E-state index in [1.54, 1.807) is 6.20 Å². The normalized spacial score (nSPS) is 25.9. The summed E-state index contributed by atoms with van der Waals surface area (Å²) >= 11 is 0. The second kappa shape index (κ2) is 2.87. The number of carbonyl (C=O) groups is 1. The van der Waals surface area contributed by atoms with Crippen molar-refractivity contribution in [1.29, 1.82) is 0 Å². The van der Waals surface area contributed by atoms with Gasteiger partial charge in [0.2, 0.25) is 0 Å². The fourth-order valence-corrected chi connectivity index (χ4v) is 1.72. The standard InChI is InChI=1S/C9H12N2O2/c1-2-11-8(3-4-10-11)6-5-7(6)9(12)13/h3-4,6-7H,2,5H2,1H3,(H,12,13)/t6-,7-/m0/s1. The van der Waals surface area contributed by atoms with Crippen molar-refractivity contribution in [3.8, 4) is 0 Å². The van der Waals surface area contributed by atoms with Crippen LogP contribution in [0.25, 0.3) is 0 Å². The van der Waals surface area contributed by atoms with Crippen molar-refractivity contribution >= 4 is 5.97 Å². The summed E-state index contributed by atoms with van der Waals surface area (Å²) in [6.07, 6.45) is 2.50. The van der Waals surface area contributed by atoms with Crippen molar-refractivity contribution in [3.05, 3.63) is 18.0 Å². The Morgan fingerprint density at radius 3 is 3.15 bits per heavy atom. The van der Waals surface area contributed by atoms with Crippen molar-refractivity contribution in [3.63, 3.8) is 0 Å². The summed E-state index contributed by atoms with van der Waals surface area (Å²) in [5.41, 5.74) is 1.06. The second-order valence-corrected chi connectivity index (χ2v) is 3.36. The van der Waals surface area contributed by atoms with Gasteiger partial charge in [0.1, 0.15) is 0 Å². The molecule has 4 nitrogen and oxygen atoms in total. The minimum absolute atomic E-state index is 0.179. The number of hydrogen-bond donors (Lipinski definition) is 1. The van der Waals surface area contributed by atoms with Gasteiger partial charge in [-0.1, -0.05) is 0 Å². The van der Waals surface area contributed by atoms with E-state index in [-0.39, 0.29) is 11.8 Å². The molecule has 1 aromatic rings. The number of aliphatic carboxylic acids is 1. The van der Waals surface area contributed by atoms with Gasteiger partial charge in [-0.3, -0.25) is 9.48 Å². The third kappa shape index (κ3) is 1.32. The lowest BCUT2D eigenvalue weighted by molar-refractivity contribution is -0.138. The van der Waals surface area contributed by atoms with Gasteiger partial charge >= 0.3 is 5.97 Å². The molecule has 4 heteroatoms. The van der Waals surface area contributed by atoms with Crippen LogP contribution in [-0.4, -0.2) is 20.9 Å². The van der Waals surface area contributed by atoms with Crippen LogP contribution in [-0.2, 0) is 11.3 Å². The Kier molecular flexibility index (Phi) is 1.83. The molecule has 0 unspecified atom stereocenters. The Hall–Kier alpha value is -1.32. The molecular weight excluding hydrogens is 168 g/mol. The van der Waals surface area contributed by atoms with Crippen LogP contribution in [0.3, 0.4) is 0 Å². The van der Waals surface area contributed by atoms with E-state index in [0.29, 0.717) is 0 Å². The topological polar surface area (TPSA) is 55.1 Å². The molecule has 1 saturated carbocycles. The Balaban J connectivity index is 2.15. The number of carboxylic acid groups (broad SMARTS) is 1. The summed E-state index contributed by atoms with van der Waals surface area (Å²) in [5, 5.41) is 12.9. The molecule has 2 atom stereocenters. The quantitative estimate of drug-likeness (QED) is 0.757. The lowest BCUT2D eigenvalue weighted by atomic mass is 10.2. The Morgan fingerprint density at radius 1 is 1.85 bits per heavy atom.